The summed E-state index contributed by atoms with van der Waals surface area (Å²) in [7, 11) is 1.69. The van der Waals surface area contributed by atoms with Crippen molar-refractivity contribution in [3.63, 3.8) is 0 Å². The van der Waals surface area contributed by atoms with Crippen molar-refractivity contribution in [1.29, 1.82) is 0 Å². The number of benzene rings is 1. The van der Waals surface area contributed by atoms with Crippen LogP contribution in [0.2, 0.25) is 5.02 Å². The van der Waals surface area contributed by atoms with Gasteiger partial charge in [-0.1, -0.05) is 43.7 Å². The molecule has 1 heterocycles. The lowest BCUT2D eigenvalue weighted by molar-refractivity contribution is 0.107. The fourth-order valence-corrected chi connectivity index (χ4v) is 5.47. The van der Waals surface area contributed by atoms with Crippen LogP contribution >= 0.6 is 11.6 Å². The zero-order valence-electron chi connectivity index (χ0n) is 18.9. The van der Waals surface area contributed by atoms with Crippen LogP contribution in [-0.2, 0) is 0 Å². The molecule has 1 aromatic carbocycles. The van der Waals surface area contributed by atoms with E-state index < -0.39 is 0 Å². The Hall–Kier alpha value is -1.50. The number of guanidine groups is 1. The first-order valence-electron chi connectivity index (χ1n) is 12.1. The van der Waals surface area contributed by atoms with Gasteiger partial charge in [0.25, 0.3) is 0 Å². The third kappa shape index (κ3) is 5.85. The van der Waals surface area contributed by atoms with Gasteiger partial charge in [0.05, 0.1) is 18.8 Å². The Balaban J connectivity index is 1.51. The number of anilines is 1. The molecule has 1 saturated heterocycles. The molecule has 4 rings (SSSR count). The molecule has 0 unspecified atom stereocenters. The van der Waals surface area contributed by atoms with Crippen molar-refractivity contribution >= 4 is 23.2 Å². The lowest BCUT2D eigenvalue weighted by Gasteiger charge is -2.42. The van der Waals surface area contributed by atoms with Crippen molar-refractivity contribution in [3.05, 3.63) is 23.2 Å². The van der Waals surface area contributed by atoms with Crippen molar-refractivity contribution in [3.8, 4) is 5.75 Å². The fraction of sp³-hybridized carbons (Fsp3) is 0.708. The number of nitrogens with two attached hydrogens (primary N) is 1. The van der Waals surface area contributed by atoms with Gasteiger partial charge >= 0.3 is 0 Å². The Kier molecular flexibility index (Phi) is 7.96. The number of nitrogens with one attached hydrogen (secondary N) is 1. The maximum atomic E-state index is 6.44. The molecule has 3 fully saturated rings. The molecule has 0 aromatic heterocycles. The first-order chi connectivity index (χ1) is 15.1. The molecule has 172 valence electrons. The van der Waals surface area contributed by atoms with Gasteiger partial charge in [-0.25, -0.2) is 4.99 Å². The van der Waals surface area contributed by atoms with Gasteiger partial charge in [0, 0.05) is 43.3 Å². The van der Waals surface area contributed by atoms with E-state index in [0.717, 1.165) is 62.5 Å². The number of methoxy groups -OCH3 is 1. The molecule has 1 aliphatic heterocycles. The zero-order valence-corrected chi connectivity index (χ0v) is 19.6. The number of hydrogen-bond acceptors (Lipinski definition) is 4. The van der Waals surface area contributed by atoms with Gasteiger partial charge in [0.1, 0.15) is 5.75 Å². The van der Waals surface area contributed by atoms with Crippen molar-refractivity contribution in [1.82, 2.24) is 9.80 Å². The lowest BCUT2D eigenvalue weighted by atomic mass is 9.91. The summed E-state index contributed by atoms with van der Waals surface area (Å²) in [6.07, 6.45) is 11.4. The number of ether oxygens (including phenoxy) is 1. The zero-order chi connectivity index (χ0) is 21.6. The number of hydrogen-bond donors (Lipinski definition) is 2. The van der Waals surface area contributed by atoms with Crippen LogP contribution in [0.3, 0.4) is 0 Å². The Morgan fingerprint density at radius 3 is 2.45 bits per heavy atom. The van der Waals surface area contributed by atoms with Crippen LogP contribution < -0.4 is 15.8 Å². The van der Waals surface area contributed by atoms with Crippen LogP contribution in [0.5, 0.6) is 5.75 Å². The van der Waals surface area contributed by atoms with Crippen LogP contribution in [0.1, 0.15) is 57.8 Å². The average Bonchev–Trinajstić information content (AvgIpc) is 2.81. The van der Waals surface area contributed by atoms with Gasteiger partial charge in [-0.2, -0.15) is 0 Å². The summed E-state index contributed by atoms with van der Waals surface area (Å²) in [5, 5.41) is 4.24. The van der Waals surface area contributed by atoms with Gasteiger partial charge in [-0.05, 0) is 43.9 Å². The average molecular weight is 448 g/mol. The molecule has 2 atom stereocenters. The summed E-state index contributed by atoms with van der Waals surface area (Å²) in [6, 6.07) is 6.73. The number of halogens is 1. The van der Waals surface area contributed by atoms with E-state index in [-0.39, 0.29) is 12.1 Å². The van der Waals surface area contributed by atoms with Crippen molar-refractivity contribution in [2.45, 2.75) is 75.9 Å². The molecule has 31 heavy (non-hydrogen) atoms. The molecular formula is C24H38ClN5O. The summed E-state index contributed by atoms with van der Waals surface area (Å²) < 4.78 is 5.57. The second-order valence-corrected chi connectivity index (χ2v) is 9.69. The number of rotatable bonds is 4. The standard InChI is InChI=1S/C24H38ClN5O/c1-31-23-12-11-18(25)17-22(23)28-24(27-21-10-6-5-9-20(21)26)30-15-13-29(14-16-30)19-7-3-2-4-8-19/h11-12,17,19-21H,2-10,13-16,26H2,1H3,(H,27,28)/t20-,21-/m0/s1. The summed E-state index contributed by atoms with van der Waals surface area (Å²) in [5.41, 5.74) is 7.30. The highest BCUT2D eigenvalue weighted by Gasteiger charge is 2.28. The molecule has 2 saturated carbocycles. The lowest BCUT2D eigenvalue weighted by Crippen LogP contribution is -2.54. The Morgan fingerprint density at radius 2 is 1.74 bits per heavy atom. The minimum atomic E-state index is 0.135. The summed E-state index contributed by atoms with van der Waals surface area (Å²) in [4.78, 5) is 10.3. The minimum Gasteiger partial charge on any atom is -0.495 e. The van der Waals surface area contributed by atoms with Gasteiger partial charge in [-0.15, -0.1) is 0 Å². The van der Waals surface area contributed by atoms with Gasteiger partial charge < -0.3 is 20.7 Å². The first kappa shape index (κ1) is 22.7. The van der Waals surface area contributed by atoms with E-state index in [1.165, 1.54) is 44.9 Å². The van der Waals surface area contributed by atoms with Crippen LogP contribution in [0.15, 0.2) is 23.2 Å². The van der Waals surface area contributed by atoms with Crippen LogP contribution in [-0.4, -0.2) is 67.2 Å². The number of nitrogens with zero attached hydrogens (tertiary/aromatic N) is 3. The Morgan fingerprint density at radius 1 is 1.03 bits per heavy atom. The molecule has 3 aliphatic rings. The van der Waals surface area contributed by atoms with Crippen LogP contribution in [0.25, 0.3) is 0 Å². The third-order valence-corrected chi connectivity index (χ3v) is 7.42. The Bertz CT molecular complexity index is 743. The van der Waals surface area contributed by atoms with E-state index in [4.69, 9.17) is 27.1 Å². The first-order valence-corrected chi connectivity index (χ1v) is 12.4. The number of aliphatic imine (C=N–C) groups is 1. The normalized spacial score (nSPS) is 26.7. The maximum Gasteiger partial charge on any atom is 0.198 e. The molecule has 0 radical (unpaired) electrons. The van der Waals surface area contributed by atoms with E-state index in [0.29, 0.717) is 5.02 Å². The fourth-order valence-electron chi connectivity index (χ4n) is 5.29. The molecule has 0 spiro atoms. The van der Waals surface area contributed by atoms with E-state index in [9.17, 15) is 0 Å². The highest BCUT2D eigenvalue weighted by atomic mass is 35.5. The van der Waals surface area contributed by atoms with Gasteiger partial charge in [-0.3, -0.25) is 4.90 Å². The van der Waals surface area contributed by atoms with Gasteiger partial charge in [0.15, 0.2) is 5.96 Å². The van der Waals surface area contributed by atoms with Crippen molar-refractivity contribution in [2.75, 3.05) is 38.6 Å². The molecule has 7 heteroatoms. The molecule has 0 amide bonds. The predicted octanol–water partition coefficient (Wildman–Crippen LogP) is 4.34. The summed E-state index contributed by atoms with van der Waals surface area (Å²) >= 11 is 6.29. The monoisotopic (exact) mass is 447 g/mol. The molecule has 1 aromatic rings. The molecule has 2 aliphatic carbocycles. The van der Waals surface area contributed by atoms with Crippen molar-refractivity contribution < 1.29 is 4.74 Å². The van der Waals surface area contributed by atoms with E-state index in [2.05, 4.69) is 15.1 Å². The van der Waals surface area contributed by atoms with Gasteiger partial charge in [0.2, 0.25) is 0 Å². The molecular weight excluding hydrogens is 410 g/mol. The van der Waals surface area contributed by atoms with Crippen LogP contribution in [0, 0.1) is 0 Å². The van der Waals surface area contributed by atoms with Crippen LogP contribution in [0.4, 0.5) is 5.69 Å². The number of piperazine rings is 1. The summed E-state index contributed by atoms with van der Waals surface area (Å²) in [6.45, 7) is 4.14. The second-order valence-electron chi connectivity index (χ2n) is 9.25. The van der Waals surface area contributed by atoms with E-state index >= 15 is 0 Å². The second kappa shape index (κ2) is 10.9. The highest BCUT2D eigenvalue weighted by molar-refractivity contribution is 6.31. The third-order valence-electron chi connectivity index (χ3n) is 7.18. The van der Waals surface area contributed by atoms with Crippen molar-refractivity contribution in [2.24, 2.45) is 10.7 Å². The highest BCUT2D eigenvalue weighted by Crippen LogP contribution is 2.29. The minimum absolute atomic E-state index is 0.135. The molecule has 6 nitrogen and oxygen atoms in total. The maximum absolute atomic E-state index is 6.44. The largest absolute Gasteiger partial charge is 0.495 e. The molecule has 0 bridgehead atoms. The summed E-state index contributed by atoms with van der Waals surface area (Å²) in [5.74, 6) is 1.68. The van der Waals surface area contributed by atoms with E-state index in [1.807, 2.05) is 18.2 Å². The smallest absolute Gasteiger partial charge is 0.198 e. The molecule has 3 N–H and O–H groups in total. The SMILES string of the molecule is COc1ccc(Cl)cc1NC(=N[C@H]1CCCC[C@@H]1N)N1CCN(C2CCCCC2)CC1. The Labute approximate surface area is 192 Å². The van der Waals surface area contributed by atoms with E-state index in [1.54, 1.807) is 7.11 Å². The predicted molar refractivity (Wildman–Crippen MR) is 129 cm³/mol. The topological polar surface area (TPSA) is 66.1 Å². The quantitative estimate of drug-likeness (QED) is 0.531.